The number of carbonyl (C=O) groups is 2. The molecule has 0 atom stereocenters. The van der Waals surface area contributed by atoms with Crippen molar-refractivity contribution in [2.24, 2.45) is 0 Å². The van der Waals surface area contributed by atoms with Gasteiger partial charge in [-0.2, -0.15) is 0 Å². The maximum atomic E-state index is 12.9. The summed E-state index contributed by atoms with van der Waals surface area (Å²) in [6.07, 6.45) is 1.29. The lowest BCUT2D eigenvalue weighted by molar-refractivity contribution is -0.384. The molecule has 0 radical (unpaired) electrons. The van der Waals surface area contributed by atoms with Crippen LogP contribution in [0.5, 0.6) is 5.75 Å². The van der Waals surface area contributed by atoms with Crippen LogP contribution in [0.3, 0.4) is 0 Å². The van der Waals surface area contributed by atoms with E-state index in [9.17, 15) is 19.7 Å². The third-order valence-corrected chi connectivity index (χ3v) is 5.93. The number of hydrogen-bond donors (Lipinski definition) is 0. The number of ether oxygens (including phenoxy) is 1. The molecule has 2 aromatic carbocycles. The van der Waals surface area contributed by atoms with Gasteiger partial charge >= 0.3 is 0 Å². The molecule has 2 heterocycles. The number of aryl methyl sites for hydroxylation is 1. The van der Waals surface area contributed by atoms with Crippen molar-refractivity contribution in [2.75, 3.05) is 13.1 Å². The summed E-state index contributed by atoms with van der Waals surface area (Å²) in [6.45, 7) is 2.69. The zero-order chi connectivity index (χ0) is 20.8. The fourth-order valence-corrected chi connectivity index (χ4v) is 4.16. The number of nitro groups is 1. The number of carbonyl (C=O) groups excluding carboxylic acids is 2. The third kappa shape index (κ3) is 3.58. The van der Waals surface area contributed by atoms with E-state index in [1.54, 1.807) is 4.90 Å². The summed E-state index contributed by atoms with van der Waals surface area (Å²) in [4.78, 5) is 37.6. The fraction of sp³-hybridized carbons (Fsp3) is 0.333. The molecule has 2 aliphatic heterocycles. The van der Waals surface area contributed by atoms with E-state index in [-0.39, 0.29) is 34.4 Å². The first-order chi connectivity index (χ1) is 13.8. The van der Waals surface area contributed by atoms with E-state index in [2.05, 4.69) is 0 Å². The molecular formula is C21H19ClN2O5. The summed E-state index contributed by atoms with van der Waals surface area (Å²) in [5, 5.41) is 11.2. The minimum Gasteiger partial charge on any atom is -0.486 e. The summed E-state index contributed by atoms with van der Waals surface area (Å²) in [7, 11) is 0. The second-order valence-electron chi connectivity index (χ2n) is 7.60. The lowest BCUT2D eigenvalue weighted by Gasteiger charge is -2.44. The number of non-ortho nitro benzene ring substituents is 1. The molecule has 2 aliphatic rings. The van der Waals surface area contributed by atoms with Gasteiger partial charge in [0.2, 0.25) is 0 Å². The van der Waals surface area contributed by atoms with Gasteiger partial charge < -0.3 is 9.64 Å². The van der Waals surface area contributed by atoms with Crippen LogP contribution >= 0.6 is 11.6 Å². The number of hydrogen-bond acceptors (Lipinski definition) is 5. The van der Waals surface area contributed by atoms with Gasteiger partial charge in [0.1, 0.15) is 11.4 Å². The molecule has 0 N–H and O–H groups in total. The van der Waals surface area contributed by atoms with Crippen LogP contribution < -0.4 is 4.74 Å². The Morgan fingerprint density at radius 3 is 2.62 bits per heavy atom. The van der Waals surface area contributed by atoms with Crippen molar-refractivity contribution in [1.29, 1.82) is 0 Å². The molecule has 0 bridgehead atoms. The largest absolute Gasteiger partial charge is 0.486 e. The van der Waals surface area contributed by atoms with Gasteiger partial charge in [-0.3, -0.25) is 19.7 Å². The van der Waals surface area contributed by atoms with E-state index in [4.69, 9.17) is 16.3 Å². The Bertz CT molecular complexity index is 1030. The second-order valence-corrected chi connectivity index (χ2v) is 8.01. The topological polar surface area (TPSA) is 89.8 Å². The number of piperidine rings is 1. The van der Waals surface area contributed by atoms with E-state index in [1.807, 2.05) is 25.1 Å². The van der Waals surface area contributed by atoms with Crippen molar-refractivity contribution < 1.29 is 19.2 Å². The summed E-state index contributed by atoms with van der Waals surface area (Å²) in [5.74, 6) is 0.288. The lowest BCUT2D eigenvalue weighted by Crippen LogP contribution is -2.52. The zero-order valence-corrected chi connectivity index (χ0v) is 16.6. The second kappa shape index (κ2) is 7.15. The molecule has 2 aromatic rings. The minimum absolute atomic E-state index is 0.0523. The maximum absolute atomic E-state index is 12.9. The van der Waals surface area contributed by atoms with Crippen LogP contribution in [0, 0.1) is 17.0 Å². The highest BCUT2D eigenvalue weighted by atomic mass is 35.5. The lowest BCUT2D eigenvalue weighted by atomic mass is 9.82. The van der Waals surface area contributed by atoms with Crippen molar-refractivity contribution >= 4 is 29.0 Å². The molecule has 0 saturated carbocycles. The van der Waals surface area contributed by atoms with Gasteiger partial charge in [0.15, 0.2) is 5.78 Å². The Kier molecular flexibility index (Phi) is 4.78. The van der Waals surface area contributed by atoms with Crippen molar-refractivity contribution in [2.45, 2.75) is 31.8 Å². The number of ketones is 1. The minimum atomic E-state index is -0.622. The first-order valence-corrected chi connectivity index (χ1v) is 9.72. The monoisotopic (exact) mass is 414 g/mol. The van der Waals surface area contributed by atoms with Crippen LogP contribution in [0.2, 0.25) is 5.02 Å². The molecule has 0 unspecified atom stereocenters. The SMILES string of the molecule is Cc1ccc2c(c1)C(=O)CC1(CCN(C(=O)c3cc([N+](=O)[O-])ccc3Cl)CC1)O2. The highest BCUT2D eigenvalue weighted by Crippen LogP contribution is 2.40. The molecule has 4 rings (SSSR count). The molecule has 0 aliphatic carbocycles. The van der Waals surface area contributed by atoms with E-state index in [1.165, 1.54) is 18.2 Å². The summed E-state index contributed by atoms with van der Waals surface area (Å²) in [5.41, 5.74) is 0.920. The smallest absolute Gasteiger partial charge is 0.270 e. The number of nitro benzene ring substituents is 1. The maximum Gasteiger partial charge on any atom is 0.270 e. The Morgan fingerprint density at radius 1 is 1.21 bits per heavy atom. The average Bonchev–Trinajstić information content (AvgIpc) is 2.69. The molecule has 1 saturated heterocycles. The number of rotatable bonds is 2. The van der Waals surface area contributed by atoms with Gasteiger partial charge in [-0.15, -0.1) is 0 Å². The first kappa shape index (κ1) is 19.4. The van der Waals surface area contributed by atoms with Crippen molar-refractivity contribution in [3.05, 3.63) is 68.2 Å². The Labute approximate surface area is 172 Å². The number of Topliss-reactive ketones (excluding diaryl/α,β-unsaturated/α-hetero) is 1. The molecule has 7 nitrogen and oxygen atoms in total. The quantitative estimate of drug-likeness (QED) is 0.542. The van der Waals surface area contributed by atoms with Gasteiger partial charge in [0, 0.05) is 38.1 Å². The molecular weight excluding hydrogens is 396 g/mol. The van der Waals surface area contributed by atoms with Crippen LogP contribution in [-0.2, 0) is 0 Å². The normalized spacial score (nSPS) is 17.6. The fourth-order valence-electron chi connectivity index (χ4n) is 3.97. The number of amides is 1. The predicted molar refractivity (Wildman–Crippen MR) is 107 cm³/mol. The predicted octanol–water partition coefficient (Wildman–Crippen LogP) is 4.20. The molecule has 1 amide bonds. The van der Waals surface area contributed by atoms with Crippen LogP contribution in [0.4, 0.5) is 5.69 Å². The van der Waals surface area contributed by atoms with Crippen LogP contribution in [0.1, 0.15) is 45.5 Å². The van der Waals surface area contributed by atoms with Gasteiger partial charge in [-0.25, -0.2) is 0 Å². The van der Waals surface area contributed by atoms with Gasteiger partial charge in [0.25, 0.3) is 11.6 Å². The van der Waals surface area contributed by atoms with Crippen LogP contribution in [0.25, 0.3) is 0 Å². The van der Waals surface area contributed by atoms with Crippen molar-refractivity contribution in [3.63, 3.8) is 0 Å². The Hall–Kier alpha value is -2.93. The van der Waals surface area contributed by atoms with E-state index >= 15 is 0 Å². The van der Waals surface area contributed by atoms with Crippen LogP contribution in [0.15, 0.2) is 36.4 Å². The molecule has 1 spiro atoms. The molecule has 8 heteroatoms. The first-order valence-electron chi connectivity index (χ1n) is 9.34. The summed E-state index contributed by atoms with van der Waals surface area (Å²) < 4.78 is 6.22. The van der Waals surface area contributed by atoms with Crippen LogP contribution in [-0.4, -0.2) is 40.2 Å². The third-order valence-electron chi connectivity index (χ3n) is 5.60. The standard InChI is InChI=1S/C21H19ClN2O5/c1-13-2-5-19-16(10-13)18(25)12-21(29-19)6-8-23(9-7-21)20(26)15-11-14(24(27)28)3-4-17(15)22/h2-5,10-11H,6-9,12H2,1H3. The summed E-state index contributed by atoms with van der Waals surface area (Å²) in [6, 6.07) is 9.41. The molecule has 150 valence electrons. The van der Waals surface area contributed by atoms with Crippen molar-refractivity contribution in [3.8, 4) is 5.75 Å². The molecule has 29 heavy (non-hydrogen) atoms. The van der Waals surface area contributed by atoms with Gasteiger partial charge in [-0.05, 0) is 25.1 Å². The van der Waals surface area contributed by atoms with Crippen molar-refractivity contribution in [1.82, 2.24) is 4.90 Å². The number of benzene rings is 2. The van der Waals surface area contributed by atoms with Gasteiger partial charge in [-0.1, -0.05) is 23.2 Å². The van der Waals surface area contributed by atoms with E-state index < -0.39 is 10.5 Å². The van der Waals surface area contributed by atoms with Gasteiger partial charge in [0.05, 0.1) is 27.5 Å². The summed E-state index contributed by atoms with van der Waals surface area (Å²) >= 11 is 6.11. The molecule has 0 aromatic heterocycles. The highest BCUT2D eigenvalue weighted by Gasteiger charge is 2.44. The Balaban J connectivity index is 1.51. The zero-order valence-electron chi connectivity index (χ0n) is 15.8. The Morgan fingerprint density at radius 2 is 1.93 bits per heavy atom. The number of nitrogens with zero attached hydrogens (tertiary/aromatic N) is 2. The number of halogens is 1. The average molecular weight is 415 g/mol. The van der Waals surface area contributed by atoms with E-state index in [0.29, 0.717) is 37.2 Å². The highest BCUT2D eigenvalue weighted by molar-refractivity contribution is 6.33. The molecule has 1 fully saturated rings. The number of fused-ring (bicyclic) bond motifs is 1. The van der Waals surface area contributed by atoms with E-state index in [0.717, 1.165) is 5.56 Å². The number of likely N-dealkylation sites (tertiary alicyclic amines) is 1.